The quantitative estimate of drug-likeness (QED) is 0.345. The third-order valence-electron chi connectivity index (χ3n) is 4.50. The van der Waals surface area contributed by atoms with E-state index in [0.717, 1.165) is 5.56 Å². The molecule has 0 radical (unpaired) electrons. The molecule has 0 unspecified atom stereocenters. The summed E-state index contributed by atoms with van der Waals surface area (Å²) in [6.07, 6.45) is 0. The van der Waals surface area contributed by atoms with Gasteiger partial charge in [0.15, 0.2) is 11.5 Å². The van der Waals surface area contributed by atoms with Crippen LogP contribution in [-0.2, 0) is 4.79 Å². The Bertz CT molecular complexity index is 1240. The highest BCUT2D eigenvalue weighted by Crippen LogP contribution is 2.38. The van der Waals surface area contributed by atoms with Crippen LogP contribution in [0.4, 0.5) is 17.1 Å². The number of hydrogen-bond acceptors (Lipinski definition) is 6. The van der Waals surface area contributed by atoms with Gasteiger partial charge < -0.3 is 20.1 Å². The summed E-state index contributed by atoms with van der Waals surface area (Å²) in [5.74, 6) is -0.379. The number of carbonyl (C=O) groups is 2. The van der Waals surface area contributed by atoms with E-state index in [-0.39, 0.29) is 39.4 Å². The largest absolute Gasteiger partial charge is 0.493 e. The highest BCUT2D eigenvalue weighted by atomic mass is 35.5. The van der Waals surface area contributed by atoms with Gasteiger partial charge in [-0.2, -0.15) is 0 Å². The van der Waals surface area contributed by atoms with E-state index in [2.05, 4.69) is 10.6 Å². The minimum absolute atomic E-state index is 0.0281. The van der Waals surface area contributed by atoms with Gasteiger partial charge in [0, 0.05) is 23.6 Å². The second-order valence-electron chi connectivity index (χ2n) is 7.02. The van der Waals surface area contributed by atoms with Gasteiger partial charge in [0.05, 0.1) is 23.4 Å². The second-order valence-corrected chi connectivity index (χ2v) is 7.46. The lowest BCUT2D eigenvalue weighted by Crippen LogP contribution is -2.15. The van der Waals surface area contributed by atoms with E-state index in [4.69, 9.17) is 21.1 Å². The first-order valence-corrected chi connectivity index (χ1v) is 10.0. The molecule has 10 heteroatoms. The zero-order valence-corrected chi connectivity index (χ0v) is 18.7. The number of nitro benzene ring substituents is 1. The molecule has 3 aromatic carbocycles. The van der Waals surface area contributed by atoms with Crippen LogP contribution in [0.3, 0.4) is 0 Å². The highest BCUT2D eigenvalue weighted by Gasteiger charge is 2.19. The van der Waals surface area contributed by atoms with Crippen molar-refractivity contribution < 1.29 is 24.0 Å². The molecule has 0 spiro atoms. The Balaban J connectivity index is 1.88. The summed E-state index contributed by atoms with van der Waals surface area (Å²) in [5, 5.41) is 16.9. The number of anilines is 2. The topological polar surface area (TPSA) is 120 Å². The van der Waals surface area contributed by atoms with Crippen molar-refractivity contribution in [2.24, 2.45) is 0 Å². The number of nitrogens with zero attached hydrogens (tertiary/aromatic N) is 1. The molecule has 33 heavy (non-hydrogen) atoms. The zero-order chi connectivity index (χ0) is 24.1. The van der Waals surface area contributed by atoms with Crippen molar-refractivity contribution >= 4 is 40.5 Å². The summed E-state index contributed by atoms with van der Waals surface area (Å²) in [7, 11) is 1.38. The average molecular weight is 470 g/mol. The molecule has 0 bridgehead atoms. The molecule has 3 aromatic rings. The van der Waals surface area contributed by atoms with E-state index in [1.54, 1.807) is 12.1 Å². The van der Waals surface area contributed by atoms with Crippen LogP contribution < -0.4 is 20.1 Å². The molecule has 9 nitrogen and oxygen atoms in total. The minimum Gasteiger partial charge on any atom is -0.493 e. The maximum atomic E-state index is 12.9. The molecule has 2 N–H and O–H groups in total. The summed E-state index contributed by atoms with van der Waals surface area (Å²) < 4.78 is 11.0. The van der Waals surface area contributed by atoms with Gasteiger partial charge in [-0.1, -0.05) is 17.7 Å². The fourth-order valence-electron chi connectivity index (χ4n) is 2.99. The Labute approximate surface area is 194 Å². The number of nitro groups is 1. The van der Waals surface area contributed by atoms with Gasteiger partial charge in [0.25, 0.3) is 5.91 Å². The number of rotatable bonds is 7. The van der Waals surface area contributed by atoms with Crippen LogP contribution in [0.15, 0.2) is 54.6 Å². The molecule has 0 saturated carbocycles. The average Bonchev–Trinajstić information content (AvgIpc) is 2.76. The maximum Gasteiger partial charge on any atom is 0.313 e. The van der Waals surface area contributed by atoms with Crippen molar-refractivity contribution in [1.82, 2.24) is 0 Å². The van der Waals surface area contributed by atoms with Gasteiger partial charge in [-0.15, -0.1) is 0 Å². The van der Waals surface area contributed by atoms with Crippen LogP contribution in [0.5, 0.6) is 17.2 Å². The van der Waals surface area contributed by atoms with E-state index in [9.17, 15) is 19.7 Å². The molecule has 0 saturated heterocycles. The molecule has 0 aromatic heterocycles. The Morgan fingerprint density at radius 2 is 1.67 bits per heavy atom. The molecule has 0 atom stereocenters. The van der Waals surface area contributed by atoms with Crippen LogP contribution in [0.1, 0.15) is 22.8 Å². The molecule has 0 heterocycles. The lowest BCUT2D eigenvalue weighted by Gasteiger charge is -2.14. The molecule has 3 rings (SSSR count). The lowest BCUT2D eigenvalue weighted by molar-refractivity contribution is -0.385. The summed E-state index contributed by atoms with van der Waals surface area (Å²) in [5.41, 5.74) is 1.73. The Hall–Kier alpha value is -4.11. The van der Waals surface area contributed by atoms with Crippen LogP contribution in [0, 0.1) is 17.0 Å². The number of hydrogen-bond donors (Lipinski definition) is 2. The van der Waals surface area contributed by atoms with Gasteiger partial charge >= 0.3 is 5.69 Å². The number of halogens is 1. The SMILES string of the molecule is COc1cc(C(=O)Nc2cc(C)ccc2NC(C)=O)ccc1Oc1ccc(Cl)cc1[N+](=O)[O-]. The van der Waals surface area contributed by atoms with E-state index < -0.39 is 10.8 Å². The third kappa shape index (κ3) is 5.78. The second kappa shape index (κ2) is 10.0. The summed E-state index contributed by atoms with van der Waals surface area (Å²) in [6, 6.07) is 13.7. The van der Waals surface area contributed by atoms with Crippen molar-refractivity contribution in [3.05, 3.63) is 80.9 Å². The van der Waals surface area contributed by atoms with Crippen molar-refractivity contribution in [2.45, 2.75) is 13.8 Å². The van der Waals surface area contributed by atoms with Gasteiger partial charge in [0.1, 0.15) is 0 Å². The smallest absolute Gasteiger partial charge is 0.313 e. The van der Waals surface area contributed by atoms with Gasteiger partial charge in [-0.3, -0.25) is 19.7 Å². The fourth-order valence-corrected chi connectivity index (χ4v) is 3.15. The monoisotopic (exact) mass is 469 g/mol. The van der Waals surface area contributed by atoms with Crippen LogP contribution >= 0.6 is 11.6 Å². The molecule has 170 valence electrons. The number of amides is 2. The minimum atomic E-state index is -0.607. The number of ether oxygens (including phenoxy) is 2. The molecular weight excluding hydrogens is 450 g/mol. The first-order valence-electron chi connectivity index (χ1n) is 9.67. The molecule has 2 amide bonds. The van der Waals surface area contributed by atoms with Crippen LogP contribution in [-0.4, -0.2) is 23.8 Å². The molecular formula is C23H20ClN3O6. The number of aryl methyl sites for hydroxylation is 1. The molecule has 0 fully saturated rings. The molecule has 0 aliphatic heterocycles. The van der Waals surface area contributed by atoms with Crippen molar-refractivity contribution in [3.63, 3.8) is 0 Å². The highest BCUT2D eigenvalue weighted by molar-refractivity contribution is 6.30. The standard InChI is InChI=1S/C23H20ClN3O6/c1-13-4-7-17(25-14(2)28)18(10-13)26-23(29)15-5-8-21(22(11-15)32-3)33-20-9-6-16(24)12-19(20)27(30)31/h4-12H,1-3H3,(H,25,28)(H,26,29). The summed E-state index contributed by atoms with van der Waals surface area (Å²) >= 11 is 5.84. The normalized spacial score (nSPS) is 10.3. The third-order valence-corrected chi connectivity index (χ3v) is 4.73. The number of nitrogens with one attached hydrogen (secondary N) is 2. The van der Waals surface area contributed by atoms with Crippen molar-refractivity contribution in [2.75, 3.05) is 17.7 Å². The number of benzene rings is 3. The van der Waals surface area contributed by atoms with E-state index in [0.29, 0.717) is 11.4 Å². The Kier molecular flexibility index (Phi) is 7.14. The van der Waals surface area contributed by atoms with Crippen LogP contribution in [0.25, 0.3) is 0 Å². The zero-order valence-electron chi connectivity index (χ0n) is 18.0. The van der Waals surface area contributed by atoms with E-state index >= 15 is 0 Å². The summed E-state index contributed by atoms with van der Waals surface area (Å²) in [4.78, 5) is 35.0. The predicted octanol–water partition coefficient (Wildman–Crippen LogP) is 5.57. The van der Waals surface area contributed by atoms with Gasteiger partial charge in [-0.05, 0) is 55.0 Å². The molecule has 0 aliphatic rings. The summed E-state index contributed by atoms with van der Waals surface area (Å²) in [6.45, 7) is 3.23. The van der Waals surface area contributed by atoms with Crippen molar-refractivity contribution in [1.29, 1.82) is 0 Å². The van der Waals surface area contributed by atoms with Gasteiger partial charge in [-0.25, -0.2) is 0 Å². The van der Waals surface area contributed by atoms with Crippen LogP contribution in [0.2, 0.25) is 5.02 Å². The lowest BCUT2D eigenvalue weighted by atomic mass is 10.1. The first-order chi connectivity index (χ1) is 15.7. The molecule has 0 aliphatic carbocycles. The predicted molar refractivity (Wildman–Crippen MR) is 125 cm³/mol. The number of carbonyl (C=O) groups excluding carboxylic acids is 2. The van der Waals surface area contributed by atoms with E-state index in [1.165, 1.54) is 50.4 Å². The van der Waals surface area contributed by atoms with Crippen molar-refractivity contribution in [3.8, 4) is 17.2 Å². The Morgan fingerprint density at radius 3 is 2.33 bits per heavy atom. The van der Waals surface area contributed by atoms with Gasteiger partial charge in [0.2, 0.25) is 11.7 Å². The Morgan fingerprint density at radius 1 is 0.939 bits per heavy atom. The van der Waals surface area contributed by atoms with E-state index in [1.807, 2.05) is 13.0 Å². The fraction of sp³-hybridized carbons (Fsp3) is 0.130. The maximum absolute atomic E-state index is 12.9. The number of methoxy groups -OCH3 is 1. The first kappa shape index (κ1) is 23.6.